The van der Waals surface area contributed by atoms with Crippen LogP contribution in [0.25, 0.3) is 0 Å². The minimum atomic E-state index is -0.0193. The first kappa shape index (κ1) is 17.4. The summed E-state index contributed by atoms with van der Waals surface area (Å²) >= 11 is 0. The molecule has 0 aliphatic carbocycles. The Labute approximate surface area is 112 Å². The summed E-state index contributed by atoms with van der Waals surface area (Å²) < 4.78 is 0. The SMILES string of the molecule is CC(C)NCCCC(=O)NC(CCO)C(C)(C)C. The van der Waals surface area contributed by atoms with Crippen LogP contribution in [0.15, 0.2) is 0 Å². The predicted molar refractivity (Wildman–Crippen MR) is 75.5 cm³/mol. The molecule has 18 heavy (non-hydrogen) atoms. The van der Waals surface area contributed by atoms with Crippen molar-refractivity contribution < 1.29 is 9.90 Å². The number of hydrogen-bond acceptors (Lipinski definition) is 3. The van der Waals surface area contributed by atoms with Crippen molar-refractivity contribution in [2.45, 2.75) is 66.0 Å². The highest BCUT2D eigenvalue weighted by atomic mass is 16.3. The Morgan fingerprint density at radius 1 is 1.28 bits per heavy atom. The fourth-order valence-corrected chi connectivity index (χ4v) is 1.76. The summed E-state index contributed by atoms with van der Waals surface area (Å²) in [7, 11) is 0. The molecule has 0 aliphatic rings. The van der Waals surface area contributed by atoms with Crippen LogP contribution in [0.1, 0.15) is 53.9 Å². The molecule has 0 aromatic carbocycles. The lowest BCUT2D eigenvalue weighted by molar-refractivity contribution is -0.122. The molecule has 0 radical (unpaired) electrons. The van der Waals surface area contributed by atoms with Crippen molar-refractivity contribution in [3.63, 3.8) is 0 Å². The molecular weight excluding hydrogens is 228 g/mol. The van der Waals surface area contributed by atoms with Gasteiger partial charge in [-0.25, -0.2) is 0 Å². The molecule has 0 bridgehead atoms. The molecule has 0 saturated heterocycles. The highest BCUT2D eigenvalue weighted by Gasteiger charge is 2.25. The van der Waals surface area contributed by atoms with E-state index in [0.29, 0.717) is 18.9 Å². The molecular formula is C14H30N2O2. The summed E-state index contributed by atoms with van der Waals surface area (Å²) in [6.07, 6.45) is 2.00. The van der Waals surface area contributed by atoms with Crippen LogP contribution in [-0.2, 0) is 4.79 Å². The fraction of sp³-hybridized carbons (Fsp3) is 0.929. The number of hydrogen-bond donors (Lipinski definition) is 3. The Morgan fingerprint density at radius 2 is 1.89 bits per heavy atom. The van der Waals surface area contributed by atoms with Crippen LogP contribution >= 0.6 is 0 Å². The van der Waals surface area contributed by atoms with Crippen LogP contribution in [0.2, 0.25) is 0 Å². The maximum Gasteiger partial charge on any atom is 0.220 e. The molecule has 0 saturated carbocycles. The molecule has 0 spiro atoms. The van der Waals surface area contributed by atoms with Crippen LogP contribution in [0.3, 0.4) is 0 Å². The molecule has 108 valence electrons. The summed E-state index contributed by atoms with van der Waals surface area (Å²) in [6.45, 7) is 11.4. The highest BCUT2D eigenvalue weighted by molar-refractivity contribution is 5.76. The van der Waals surface area contributed by atoms with Crippen molar-refractivity contribution in [1.82, 2.24) is 10.6 Å². The largest absolute Gasteiger partial charge is 0.396 e. The van der Waals surface area contributed by atoms with Crippen molar-refractivity contribution in [3.05, 3.63) is 0 Å². The third-order valence-corrected chi connectivity index (χ3v) is 2.93. The van der Waals surface area contributed by atoms with Crippen LogP contribution in [0.5, 0.6) is 0 Å². The van der Waals surface area contributed by atoms with E-state index in [1.54, 1.807) is 0 Å². The minimum Gasteiger partial charge on any atom is -0.396 e. The zero-order valence-corrected chi connectivity index (χ0v) is 12.5. The van der Waals surface area contributed by atoms with E-state index >= 15 is 0 Å². The van der Waals surface area contributed by atoms with Crippen molar-refractivity contribution in [2.24, 2.45) is 5.41 Å². The number of carbonyl (C=O) groups excluding carboxylic acids is 1. The van der Waals surface area contributed by atoms with Gasteiger partial charge in [0.15, 0.2) is 0 Å². The van der Waals surface area contributed by atoms with E-state index in [1.165, 1.54) is 0 Å². The van der Waals surface area contributed by atoms with E-state index in [9.17, 15) is 4.79 Å². The van der Waals surface area contributed by atoms with Gasteiger partial charge in [0.25, 0.3) is 0 Å². The van der Waals surface area contributed by atoms with E-state index in [1.807, 2.05) is 0 Å². The smallest absolute Gasteiger partial charge is 0.220 e. The first-order chi connectivity index (χ1) is 8.27. The average molecular weight is 258 g/mol. The normalized spacial score (nSPS) is 13.7. The molecule has 0 aliphatic heterocycles. The Morgan fingerprint density at radius 3 is 2.33 bits per heavy atom. The summed E-state index contributed by atoms with van der Waals surface area (Å²) in [6, 6.07) is 0.498. The zero-order valence-electron chi connectivity index (χ0n) is 12.5. The van der Waals surface area contributed by atoms with Crippen LogP contribution in [0, 0.1) is 5.41 Å². The van der Waals surface area contributed by atoms with Crippen molar-refractivity contribution >= 4 is 5.91 Å². The molecule has 3 N–H and O–H groups in total. The van der Waals surface area contributed by atoms with Gasteiger partial charge < -0.3 is 15.7 Å². The number of amides is 1. The number of aliphatic hydroxyl groups excluding tert-OH is 1. The molecule has 1 amide bonds. The van der Waals surface area contributed by atoms with Gasteiger partial charge in [0, 0.05) is 25.1 Å². The monoisotopic (exact) mass is 258 g/mol. The number of rotatable bonds is 8. The maximum atomic E-state index is 11.8. The lowest BCUT2D eigenvalue weighted by atomic mass is 9.85. The number of carbonyl (C=O) groups is 1. The lowest BCUT2D eigenvalue weighted by Crippen LogP contribution is -2.44. The van der Waals surface area contributed by atoms with Gasteiger partial charge in [0.1, 0.15) is 0 Å². The molecule has 0 aromatic rings. The van der Waals surface area contributed by atoms with E-state index in [0.717, 1.165) is 13.0 Å². The van der Waals surface area contributed by atoms with Gasteiger partial charge in [-0.05, 0) is 24.8 Å². The van der Waals surface area contributed by atoms with Gasteiger partial charge in [0.05, 0.1) is 0 Å². The second-order valence-corrected chi connectivity index (χ2v) is 6.21. The predicted octanol–water partition coefficient (Wildman–Crippen LogP) is 1.68. The Hall–Kier alpha value is -0.610. The average Bonchev–Trinajstić information content (AvgIpc) is 2.22. The van der Waals surface area contributed by atoms with Crippen LogP contribution in [-0.4, -0.2) is 36.2 Å². The number of aliphatic hydroxyl groups is 1. The lowest BCUT2D eigenvalue weighted by Gasteiger charge is -2.31. The summed E-state index contributed by atoms with van der Waals surface area (Å²) in [5, 5.41) is 15.3. The summed E-state index contributed by atoms with van der Waals surface area (Å²) in [4.78, 5) is 11.8. The van der Waals surface area contributed by atoms with Gasteiger partial charge in [-0.3, -0.25) is 4.79 Å². The van der Waals surface area contributed by atoms with Gasteiger partial charge in [-0.1, -0.05) is 34.6 Å². The summed E-state index contributed by atoms with van der Waals surface area (Å²) in [5.74, 6) is 0.0777. The van der Waals surface area contributed by atoms with Crippen LogP contribution in [0.4, 0.5) is 0 Å². The second-order valence-electron chi connectivity index (χ2n) is 6.21. The third kappa shape index (κ3) is 8.48. The maximum absolute atomic E-state index is 11.8. The molecule has 1 atom stereocenters. The van der Waals surface area contributed by atoms with Crippen molar-refractivity contribution in [1.29, 1.82) is 0 Å². The van der Waals surface area contributed by atoms with E-state index in [2.05, 4.69) is 45.3 Å². The fourth-order valence-electron chi connectivity index (χ4n) is 1.76. The second kappa shape index (κ2) is 8.48. The minimum absolute atomic E-state index is 0.0193. The summed E-state index contributed by atoms with van der Waals surface area (Å²) in [5.41, 5.74) is -0.0193. The first-order valence-corrected chi connectivity index (χ1v) is 6.91. The topological polar surface area (TPSA) is 61.4 Å². The Bertz CT molecular complexity index is 234. The van der Waals surface area contributed by atoms with Gasteiger partial charge in [0.2, 0.25) is 5.91 Å². The molecule has 0 heterocycles. The van der Waals surface area contributed by atoms with Gasteiger partial charge >= 0.3 is 0 Å². The third-order valence-electron chi connectivity index (χ3n) is 2.93. The molecule has 4 heteroatoms. The van der Waals surface area contributed by atoms with Gasteiger partial charge in [-0.2, -0.15) is 0 Å². The van der Waals surface area contributed by atoms with E-state index in [4.69, 9.17) is 5.11 Å². The van der Waals surface area contributed by atoms with Crippen molar-refractivity contribution in [3.8, 4) is 0 Å². The molecule has 1 unspecified atom stereocenters. The first-order valence-electron chi connectivity index (χ1n) is 6.91. The molecule has 4 nitrogen and oxygen atoms in total. The molecule has 0 fully saturated rings. The van der Waals surface area contributed by atoms with E-state index in [-0.39, 0.29) is 24.0 Å². The molecule has 0 rings (SSSR count). The van der Waals surface area contributed by atoms with Crippen LogP contribution < -0.4 is 10.6 Å². The Kier molecular flexibility index (Phi) is 8.20. The standard InChI is InChI=1S/C14H30N2O2/c1-11(2)15-9-6-7-13(18)16-12(8-10-17)14(3,4)5/h11-12,15,17H,6-10H2,1-5H3,(H,16,18). The van der Waals surface area contributed by atoms with Crippen molar-refractivity contribution in [2.75, 3.05) is 13.2 Å². The van der Waals surface area contributed by atoms with E-state index < -0.39 is 0 Å². The Balaban J connectivity index is 3.96. The molecule has 0 aromatic heterocycles. The highest BCUT2D eigenvalue weighted by Crippen LogP contribution is 2.21. The quantitative estimate of drug-likeness (QED) is 0.581. The zero-order chi connectivity index (χ0) is 14.2. The van der Waals surface area contributed by atoms with Gasteiger partial charge in [-0.15, -0.1) is 0 Å². The number of nitrogens with one attached hydrogen (secondary N) is 2.